The summed E-state index contributed by atoms with van der Waals surface area (Å²) < 4.78 is 5.50. The topological polar surface area (TPSA) is 9.23 Å². The second-order valence-electron chi connectivity index (χ2n) is 3.56. The van der Waals surface area contributed by atoms with Crippen LogP contribution in [0.4, 0.5) is 0 Å². The van der Waals surface area contributed by atoms with Gasteiger partial charge in [0.2, 0.25) is 0 Å². The van der Waals surface area contributed by atoms with Gasteiger partial charge in [0.1, 0.15) is 0 Å². The summed E-state index contributed by atoms with van der Waals surface area (Å²) in [5.41, 5.74) is 1.41. The zero-order valence-corrected chi connectivity index (χ0v) is 9.20. The molecule has 1 aromatic rings. The standard InChI is InChI=1S/C13H20O/c1-3-8-13(11-14-4-2)12-9-6-5-7-10-12/h5-7,9-10,13H,3-4,8,11H2,1-2H3. The molecule has 1 heteroatoms. The Morgan fingerprint density at radius 3 is 2.43 bits per heavy atom. The van der Waals surface area contributed by atoms with Crippen molar-refractivity contribution in [1.29, 1.82) is 0 Å². The molecule has 1 unspecified atom stereocenters. The molecule has 0 saturated carbocycles. The molecule has 0 fully saturated rings. The van der Waals surface area contributed by atoms with Gasteiger partial charge in [-0.05, 0) is 18.9 Å². The summed E-state index contributed by atoms with van der Waals surface area (Å²) >= 11 is 0. The van der Waals surface area contributed by atoms with E-state index in [9.17, 15) is 0 Å². The van der Waals surface area contributed by atoms with Crippen molar-refractivity contribution in [1.82, 2.24) is 0 Å². The summed E-state index contributed by atoms with van der Waals surface area (Å²) in [6.07, 6.45) is 2.43. The molecular formula is C13H20O. The quantitative estimate of drug-likeness (QED) is 0.669. The molecule has 14 heavy (non-hydrogen) atoms. The van der Waals surface area contributed by atoms with Gasteiger partial charge in [-0.1, -0.05) is 43.7 Å². The van der Waals surface area contributed by atoms with Crippen LogP contribution in [0, 0.1) is 0 Å². The molecule has 0 aromatic heterocycles. The van der Waals surface area contributed by atoms with Gasteiger partial charge in [-0.2, -0.15) is 0 Å². The number of benzene rings is 1. The van der Waals surface area contributed by atoms with E-state index in [2.05, 4.69) is 37.3 Å². The van der Waals surface area contributed by atoms with E-state index in [0.717, 1.165) is 13.2 Å². The smallest absolute Gasteiger partial charge is 0.0534 e. The fourth-order valence-electron chi connectivity index (χ4n) is 1.68. The summed E-state index contributed by atoms with van der Waals surface area (Å²) in [6, 6.07) is 10.7. The fraction of sp³-hybridized carbons (Fsp3) is 0.538. The van der Waals surface area contributed by atoms with Crippen LogP contribution in [-0.2, 0) is 4.74 Å². The minimum Gasteiger partial charge on any atom is -0.381 e. The Bertz CT molecular complexity index is 230. The van der Waals surface area contributed by atoms with Crippen molar-refractivity contribution in [2.24, 2.45) is 0 Å². The first kappa shape index (κ1) is 11.3. The third-order valence-electron chi connectivity index (χ3n) is 2.43. The normalized spacial score (nSPS) is 12.7. The predicted molar refractivity (Wildman–Crippen MR) is 60.6 cm³/mol. The highest BCUT2D eigenvalue weighted by Crippen LogP contribution is 2.21. The molecule has 1 atom stereocenters. The maximum absolute atomic E-state index is 5.50. The maximum Gasteiger partial charge on any atom is 0.0534 e. The van der Waals surface area contributed by atoms with Gasteiger partial charge < -0.3 is 4.74 Å². The van der Waals surface area contributed by atoms with Gasteiger partial charge in [0, 0.05) is 12.5 Å². The Labute approximate surface area is 87.1 Å². The van der Waals surface area contributed by atoms with Crippen molar-refractivity contribution in [2.75, 3.05) is 13.2 Å². The third kappa shape index (κ3) is 3.51. The van der Waals surface area contributed by atoms with Gasteiger partial charge in [-0.3, -0.25) is 0 Å². The van der Waals surface area contributed by atoms with Crippen LogP contribution in [0.5, 0.6) is 0 Å². The average molecular weight is 192 g/mol. The van der Waals surface area contributed by atoms with E-state index in [4.69, 9.17) is 4.74 Å². The van der Waals surface area contributed by atoms with Gasteiger partial charge in [0.05, 0.1) is 6.61 Å². The molecule has 0 bridgehead atoms. The van der Waals surface area contributed by atoms with Crippen molar-refractivity contribution in [3.8, 4) is 0 Å². The molecule has 0 spiro atoms. The Balaban J connectivity index is 2.58. The van der Waals surface area contributed by atoms with Crippen LogP contribution in [0.1, 0.15) is 38.2 Å². The van der Waals surface area contributed by atoms with Crippen molar-refractivity contribution >= 4 is 0 Å². The molecule has 0 aliphatic heterocycles. The Kier molecular flexibility index (Phi) is 5.31. The molecule has 1 rings (SSSR count). The van der Waals surface area contributed by atoms with E-state index >= 15 is 0 Å². The van der Waals surface area contributed by atoms with Crippen LogP contribution in [0.3, 0.4) is 0 Å². The van der Waals surface area contributed by atoms with E-state index in [-0.39, 0.29) is 0 Å². The van der Waals surface area contributed by atoms with E-state index in [1.807, 2.05) is 6.92 Å². The van der Waals surface area contributed by atoms with Gasteiger partial charge in [0.25, 0.3) is 0 Å². The first-order valence-corrected chi connectivity index (χ1v) is 5.51. The summed E-state index contributed by atoms with van der Waals surface area (Å²) in [4.78, 5) is 0. The monoisotopic (exact) mass is 192 g/mol. The average Bonchev–Trinajstić information content (AvgIpc) is 2.25. The van der Waals surface area contributed by atoms with Crippen LogP contribution in [0.25, 0.3) is 0 Å². The third-order valence-corrected chi connectivity index (χ3v) is 2.43. The first-order chi connectivity index (χ1) is 6.88. The highest BCUT2D eigenvalue weighted by molar-refractivity contribution is 5.19. The van der Waals surface area contributed by atoms with Gasteiger partial charge in [-0.15, -0.1) is 0 Å². The van der Waals surface area contributed by atoms with Crippen LogP contribution in [0.2, 0.25) is 0 Å². The second kappa shape index (κ2) is 6.61. The largest absolute Gasteiger partial charge is 0.381 e. The van der Waals surface area contributed by atoms with Crippen LogP contribution in [0.15, 0.2) is 30.3 Å². The van der Waals surface area contributed by atoms with Crippen LogP contribution < -0.4 is 0 Å². The highest BCUT2D eigenvalue weighted by Gasteiger charge is 2.09. The van der Waals surface area contributed by atoms with E-state index in [0.29, 0.717) is 5.92 Å². The number of hydrogen-bond donors (Lipinski definition) is 0. The number of ether oxygens (including phenoxy) is 1. The summed E-state index contributed by atoms with van der Waals surface area (Å²) in [6.45, 7) is 5.94. The van der Waals surface area contributed by atoms with Crippen LogP contribution in [-0.4, -0.2) is 13.2 Å². The Hall–Kier alpha value is -0.820. The summed E-state index contributed by atoms with van der Waals surface area (Å²) in [5.74, 6) is 0.571. The zero-order chi connectivity index (χ0) is 10.2. The lowest BCUT2D eigenvalue weighted by Gasteiger charge is -2.16. The number of hydrogen-bond acceptors (Lipinski definition) is 1. The molecule has 78 valence electrons. The minimum atomic E-state index is 0.571. The molecule has 0 radical (unpaired) electrons. The molecule has 0 aliphatic rings. The van der Waals surface area contributed by atoms with E-state index in [1.165, 1.54) is 18.4 Å². The van der Waals surface area contributed by atoms with Crippen LogP contribution >= 0.6 is 0 Å². The lowest BCUT2D eigenvalue weighted by atomic mass is 9.95. The fourth-order valence-corrected chi connectivity index (χ4v) is 1.68. The second-order valence-corrected chi connectivity index (χ2v) is 3.56. The summed E-state index contributed by atoms with van der Waals surface area (Å²) in [5, 5.41) is 0. The van der Waals surface area contributed by atoms with Gasteiger partial charge in [0.15, 0.2) is 0 Å². The molecule has 0 heterocycles. The Morgan fingerprint density at radius 2 is 1.86 bits per heavy atom. The summed E-state index contributed by atoms with van der Waals surface area (Å²) in [7, 11) is 0. The lowest BCUT2D eigenvalue weighted by molar-refractivity contribution is 0.129. The predicted octanol–water partition coefficient (Wildman–Crippen LogP) is 3.61. The molecular weight excluding hydrogens is 172 g/mol. The highest BCUT2D eigenvalue weighted by atomic mass is 16.5. The number of rotatable bonds is 6. The molecule has 0 aliphatic carbocycles. The molecule has 0 saturated heterocycles. The van der Waals surface area contributed by atoms with Gasteiger partial charge in [-0.25, -0.2) is 0 Å². The van der Waals surface area contributed by atoms with Crippen molar-refractivity contribution in [3.63, 3.8) is 0 Å². The Morgan fingerprint density at radius 1 is 1.14 bits per heavy atom. The molecule has 1 aromatic carbocycles. The molecule has 0 N–H and O–H groups in total. The first-order valence-electron chi connectivity index (χ1n) is 5.51. The van der Waals surface area contributed by atoms with E-state index in [1.54, 1.807) is 0 Å². The van der Waals surface area contributed by atoms with Crippen molar-refractivity contribution in [2.45, 2.75) is 32.6 Å². The van der Waals surface area contributed by atoms with Gasteiger partial charge >= 0.3 is 0 Å². The molecule has 0 amide bonds. The maximum atomic E-state index is 5.50. The van der Waals surface area contributed by atoms with Crippen molar-refractivity contribution < 1.29 is 4.74 Å². The zero-order valence-electron chi connectivity index (χ0n) is 9.20. The van der Waals surface area contributed by atoms with Crippen molar-refractivity contribution in [3.05, 3.63) is 35.9 Å². The minimum absolute atomic E-state index is 0.571. The molecule has 1 nitrogen and oxygen atoms in total. The lowest BCUT2D eigenvalue weighted by Crippen LogP contribution is -2.07. The van der Waals surface area contributed by atoms with E-state index < -0.39 is 0 Å². The SMILES string of the molecule is CCCC(COCC)c1ccccc1.